The van der Waals surface area contributed by atoms with Crippen LogP contribution in [0.2, 0.25) is 0 Å². The molecular formula is C17H23N3O2. The second kappa shape index (κ2) is 6.83. The van der Waals surface area contributed by atoms with Crippen LogP contribution in [0.1, 0.15) is 31.9 Å². The number of nitrogens with zero attached hydrogens (tertiary/aromatic N) is 2. The van der Waals surface area contributed by atoms with Gasteiger partial charge >= 0.3 is 0 Å². The van der Waals surface area contributed by atoms with Crippen LogP contribution in [0.5, 0.6) is 11.5 Å². The first-order chi connectivity index (χ1) is 10.8. The van der Waals surface area contributed by atoms with E-state index in [-0.39, 0.29) is 6.04 Å². The highest BCUT2D eigenvalue weighted by atomic mass is 16.5. The Bertz CT molecular complexity index is 598. The van der Waals surface area contributed by atoms with Gasteiger partial charge in [-0.3, -0.25) is 4.68 Å². The van der Waals surface area contributed by atoms with Crippen molar-refractivity contribution in [1.82, 2.24) is 15.1 Å². The average Bonchev–Trinajstić information content (AvgIpc) is 2.96. The molecule has 22 heavy (non-hydrogen) atoms. The molecule has 0 bridgehead atoms. The predicted molar refractivity (Wildman–Crippen MR) is 85.3 cm³/mol. The van der Waals surface area contributed by atoms with Crippen molar-refractivity contribution in [2.45, 2.75) is 38.9 Å². The summed E-state index contributed by atoms with van der Waals surface area (Å²) in [6, 6.07) is 8.61. The van der Waals surface area contributed by atoms with Gasteiger partial charge in [0.2, 0.25) is 0 Å². The first kappa shape index (κ1) is 14.9. The lowest BCUT2D eigenvalue weighted by molar-refractivity contribution is 0.295. The Balaban J connectivity index is 1.66. The Morgan fingerprint density at radius 1 is 1.23 bits per heavy atom. The van der Waals surface area contributed by atoms with Gasteiger partial charge in [-0.1, -0.05) is 12.1 Å². The van der Waals surface area contributed by atoms with Gasteiger partial charge in [-0.05, 0) is 26.0 Å². The van der Waals surface area contributed by atoms with Crippen LogP contribution in [0.25, 0.3) is 0 Å². The molecule has 0 amide bonds. The van der Waals surface area contributed by atoms with Crippen LogP contribution in [0.4, 0.5) is 0 Å². The summed E-state index contributed by atoms with van der Waals surface area (Å²) in [7, 11) is 0. The highest BCUT2D eigenvalue weighted by Crippen LogP contribution is 2.33. The molecule has 0 spiro atoms. The van der Waals surface area contributed by atoms with Gasteiger partial charge in [0.05, 0.1) is 19.3 Å². The van der Waals surface area contributed by atoms with E-state index >= 15 is 0 Å². The van der Waals surface area contributed by atoms with Crippen LogP contribution in [0.15, 0.2) is 36.7 Å². The maximum atomic E-state index is 5.86. The van der Waals surface area contributed by atoms with Gasteiger partial charge in [0.25, 0.3) is 0 Å². The highest BCUT2D eigenvalue weighted by molar-refractivity contribution is 5.47. The van der Waals surface area contributed by atoms with E-state index in [9.17, 15) is 0 Å². The monoisotopic (exact) mass is 301 g/mol. The largest absolute Gasteiger partial charge is 0.490 e. The van der Waals surface area contributed by atoms with E-state index in [1.54, 1.807) is 0 Å². The molecule has 5 nitrogen and oxygen atoms in total. The Labute approximate surface area is 131 Å². The molecule has 0 aliphatic carbocycles. The maximum absolute atomic E-state index is 5.86. The fourth-order valence-corrected chi connectivity index (χ4v) is 2.59. The van der Waals surface area contributed by atoms with Crippen LogP contribution >= 0.6 is 0 Å². The number of nitrogens with one attached hydrogen (secondary N) is 1. The summed E-state index contributed by atoms with van der Waals surface area (Å²) in [5.41, 5.74) is 1.14. The van der Waals surface area contributed by atoms with Crippen LogP contribution in [-0.4, -0.2) is 29.0 Å². The number of hydrogen-bond donors (Lipinski definition) is 1. The molecule has 0 radical (unpaired) electrons. The van der Waals surface area contributed by atoms with E-state index in [0.717, 1.165) is 36.6 Å². The molecule has 1 aliphatic heterocycles. The van der Waals surface area contributed by atoms with Crippen molar-refractivity contribution in [1.29, 1.82) is 0 Å². The number of ether oxygens (including phenoxy) is 2. The summed E-state index contributed by atoms with van der Waals surface area (Å²) in [5, 5.41) is 7.87. The van der Waals surface area contributed by atoms with Crippen molar-refractivity contribution < 1.29 is 9.47 Å². The van der Waals surface area contributed by atoms with Crippen molar-refractivity contribution in [2.24, 2.45) is 0 Å². The molecule has 1 aromatic carbocycles. The first-order valence-electron chi connectivity index (χ1n) is 7.85. The molecule has 3 rings (SSSR count). The molecule has 2 aromatic rings. The van der Waals surface area contributed by atoms with Gasteiger partial charge in [0.1, 0.15) is 0 Å². The van der Waals surface area contributed by atoms with E-state index in [4.69, 9.17) is 9.47 Å². The van der Waals surface area contributed by atoms with Crippen molar-refractivity contribution in [3.63, 3.8) is 0 Å². The van der Waals surface area contributed by atoms with Crippen molar-refractivity contribution >= 4 is 0 Å². The maximum Gasteiger partial charge on any atom is 0.165 e. The Kier molecular flexibility index (Phi) is 4.63. The number of rotatable bonds is 5. The highest BCUT2D eigenvalue weighted by Gasteiger charge is 2.17. The molecule has 0 fully saturated rings. The lowest BCUT2D eigenvalue weighted by atomic mass is 10.1. The van der Waals surface area contributed by atoms with Crippen molar-refractivity contribution in [3.8, 4) is 11.5 Å². The summed E-state index contributed by atoms with van der Waals surface area (Å²) in [6.07, 6.45) is 4.73. The third kappa shape index (κ3) is 3.25. The van der Waals surface area contributed by atoms with Crippen LogP contribution in [0, 0.1) is 0 Å². The number of para-hydroxylation sites is 1. The molecule has 0 saturated heterocycles. The minimum absolute atomic E-state index is 0.287. The van der Waals surface area contributed by atoms with Crippen LogP contribution in [0.3, 0.4) is 0 Å². The van der Waals surface area contributed by atoms with Gasteiger partial charge in [-0.2, -0.15) is 5.10 Å². The van der Waals surface area contributed by atoms with E-state index in [1.165, 1.54) is 0 Å². The summed E-state index contributed by atoms with van der Waals surface area (Å²) in [5.74, 6) is 1.73. The average molecular weight is 301 g/mol. The second-order valence-corrected chi connectivity index (χ2v) is 5.69. The zero-order valence-electron chi connectivity index (χ0n) is 13.2. The third-order valence-electron chi connectivity index (χ3n) is 4.13. The zero-order chi connectivity index (χ0) is 15.4. The van der Waals surface area contributed by atoms with Gasteiger partial charge in [-0.25, -0.2) is 0 Å². The Morgan fingerprint density at radius 3 is 2.91 bits per heavy atom. The smallest absolute Gasteiger partial charge is 0.165 e. The zero-order valence-corrected chi connectivity index (χ0v) is 13.2. The lowest BCUT2D eigenvalue weighted by Crippen LogP contribution is -2.33. The minimum atomic E-state index is 0.287. The number of benzene rings is 1. The van der Waals surface area contributed by atoms with Gasteiger partial charge in [0, 0.05) is 37.0 Å². The van der Waals surface area contributed by atoms with E-state index in [2.05, 4.69) is 30.3 Å². The quantitative estimate of drug-likeness (QED) is 0.922. The molecule has 5 heteroatoms. The molecule has 1 N–H and O–H groups in total. The first-order valence-corrected chi connectivity index (χ1v) is 7.85. The summed E-state index contributed by atoms with van der Waals surface area (Å²) in [4.78, 5) is 0. The standard InChI is InChI=1S/C17H23N3O2/c1-13(14(2)20-9-4-8-19-20)18-12-15-6-3-7-16-17(15)22-11-5-10-21-16/h3-4,6-9,13-14,18H,5,10-12H2,1-2H3/t13-,14+/m0/s1. The summed E-state index contributed by atoms with van der Waals surface area (Å²) < 4.78 is 13.6. The predicted octanol–water partition coefficient (Wildman–Crippen LogP) is 2.78. The number of fused-ring (bicyclic) bond motifs is 1. The number of hydrogen-bond acceptors (Lipinski definition) is 4. The summed E-state index contributed by atoms with van der Waals surface area (Å²) >= 11 is 0. The fraction of sp³-hybridized carbons (Fsp3) is 0.471. The van der Waals surface area contributed by atoms with Crippen molar-refractivity contribution in [2.75, 3.05) is 13.2 Å². The normalized spacial score (nSPS) is 16.8. The molecule has 118 valence electrons. The molecule has 2 atom stereocenters. The van der Waals surface area contributed by atoms with E-state index < -0.39 is 0 Å². The molecule has 2 heterocycles. The molecule has 1 aliphatic rings. The number of aromatic nitrogens is 2. The fourth-order valence-electron chi connectivity index (χ4n) is 2.59. The minimum Gasteiger partial charge on any atom is -0.490 e. The van der Waals surface area contributed by atoms with Gasteiger partial charge < -0.3 is 14.8 Å². The van der Waals surface area contributed by atoms with Crippen LogP contribution in [-0.2, 0) is 6.54 Å². The molecule has 0 unspecified atom stereocenters. The molecular weight excluding hydrogens is 278 g/mol. The van der Waals surface area contributed by atoms with Crippen LogP contribution < -0.4 is 14.8 Å². The van der Waals surface area contributed by atoms with Gasteiger partial charge in [0.15, 0.2) is 11.5 Å². The Hall–Kier alpha value is -2.01. The van der Waals surface area contributed by atoms with E-state index in [1.807, 2.05) is 35.3 Å². The topological polar surface area (TPSA) is 48.3 Å². The molecule has 1 aromatic heterocycles. The Morgan fingerprint density at radius 2 is 2.09 bits per heavy atom. The SMILES string of the molecule is C[C@H](NCc1cccc2c1OCCCO2)[C@@H](C)n1cccn1. The summed E-state index contributed by atoms with van der Waals surface area (Å²) in [6.45, 7) is 6.51. The molecule has 0 saturated carbocycles. The van der Waals surface area contributed by atoms with E-state index in [0.29, 0.717) is 12.6 Å². The lowest BCUT2D eigenvalue weighted by Gasteiger charge is -2.22. The second-order valence-electron chi connectivity index (χ2n) is 5.69. The van der Waals surface area contributed by atoms with Crippen molar-refractivity contribution in [3.05, 3.63) is 42.2 Å². The third-order valence-corrected chi connectivity index (χ3v) is 4.13. The van der Waals surface area contributed by atoms with Gasteiger partial charge in [-0.15, -0.1) is 0 Å².